The smallest absolute Gasteiger partial charge is 0.151 e. The van der Waals surface area contributed by atoms with Crippen LogP contribution < -0.4 is 10.6 Å². The molecule has 16 heavy (non-hydrogen) atoms. The van der Waals surface area contributed by atoms with E-state index in [0.29, 0.717) is 16.1 Å². The van der Waals surface area contributed by atoms with Crippen molar-refractivity contribution in [2.75, 3.05) is 23.7 Å². The Bertz CT molecular complexity index is 390. The van der Waals surface area contributed by atoms with Crippen LogP contribution in [-0.2, 0) is 0 Å². The van der Waals surface area contributed by atoms with Crippen molar-refractivity contribution < 1.29 is 0 Å². The van der Waals surface area contributed by atoms with E-state index < -0.39 is 0 Å². The number of piperidine rings is 1. The number of nitrogens with zero attached hydrogens (tertiary/aromatic N) is 2. The molecule has 1 aliphatic rings. The Hall–Kier alpha value is -0.960. The first-order valence-electron chi connectivity index (χ1n) is 5.64. The summed E-state index contributed by atoms with van der Waals surface area (Å²) < 4.78 is 0. The molecule has 2 N–H and O–H groups in total. The summed E-state index contributed by atoms with van der Waals surface area (Å²) in [6.07, 6.45) is 4.11. The van der Waals surface area contributed by atoms with Gasteiger partial charge in [-0.15, -0.1) is 0 Å². The molecule has 0 aliphatic carbocycles. The lowest BCUT2D eigenvalue weighted by Gasteiger charge is -2.39. The maximum Gasteiger partial charge on any atom is 0.151 e. The van der Waals surface area contributed by atoms with Crippen molar-refractivity contribution >= 4 is 23.1 Å². The summed E-state index contributed by atoms with van der Waals surface area (Å²) in [6, 6.07) is 1.77. The van der Waals surface area contributed by atoms with Crippen LogP contribution in [-0.4, -0.2) is 18.1 Å². The van der Waals surface area contributed by atoms with Gasteiger partial charge in [-0.2, -0.15) is 0 Å². The zero-order valence-electron chi connectivity index (χ0n) is 9.83. The molecule has 0 saturated carbocycles. The van der Waals surface area contributed by atoms with Crippen LogP contribution in [0.2, 0.25) is 5.02 Å². The molecule has 1 aromatic rings. The third kappa shape index (κ3) is 2.40. The van der Waals surface area contributed by atoms with Crippen LogP contribution in [0.15, 0.2) is 12.3 Å². The third-order valence-corrected chi connectivity index (χ3v) is 3.27. The molecule has 0 unspecified atom stereocenters. The second kappa shape index (κ2) is 4.13. The van der Waals surface area contributed by atoms with Crippen molar-refractivity contribution in [3.8, 4) is 0 Å². The van der Waals surface area contributed by atoms with Crippen LogP contribution >= 0.6 is 11.6 Å². The van der Waals surface area contributed by atoms with Gasteiger partial charge in [0, 0.05) is 19.3 Å². The molecule has 1 fully saturated rings. The average Bonchev–Trinajstić information content (AvgIpc) is 2.15. The van der Waals surface area contributed by atoms with E-state index in [0.717, 1.165) is 18.9 Å². The van der Waals surface area contributed by atoms with Gasteiger partial charge in [0.2, 0.25) is 0 Å². The first-order valence-corrected chi connectivity index (χ1v) is 6.02. The van der Waals surface area contributed by atoms with Crippen LogP contribution in [0.3, 0.4) is 0 Å². The number of rotatable bonds is 1. The van der Waals surface area contributed by atoms with E-state index in [9.17, 15) is 0 Å². The number of pyridine rings is 1. The predicted octanol–water partition coefficient (Wildman–Crippen LogP) is 2.94. The number of nitrogens with two attached hydrogens (primary N) is 1. The Kier molecular flexibility index (Phi) is 2.98. The van der Waals surface area contributed by atoms with Crippen LogP contribution in [0, 0.1) is 5.41 Å². The number of nitrogen functional groups attached to an aromatic ring is 1. The lowest BCUT2D eigenvalue weighted by molar-refractivity contribution is 0.292. The Balaban J connectivity index is 2.23. The van der Waals surface area contributed by atoms with Gasteiger partial charge >= 0.3 is 0 Å². The van der Waals surface area contributed by atoms with Crippen LogP contribution in [0.5, 0.6) is 0 Å². The van der Waals surface area contributed by atoms with Crippen LogP contribution in [0.4, 0.5) is 11.5 Å². The lowest BCUT2D eigenvalue weighted by atomic mass is 9.84. The fourth-order valence-corrected chi connectivity index (χ4v) is 2.48. The molecule has 0 radical (unpaired) electrons. The van der Waals surface area contributed by atoms with Crippen molar-refractivity contribution in [2.24, 2.45) is 5.41 Å². The summed E-state index contributed by atoms with van der Waals surface area (Å²) >= 11 is 5.85. The van der Waals surface area contributed by atoms with Gasteiger partial charge in [-0.1, -0.05) is 25.4 Å². The van der Waals surface area contributed by atoms with Gasteiger partial charge in [0.05, 0.1) is 10.7 Å². The summed E-state index contributed by atoms with van der Waals surface area (Å²) in [5.41, 5.74) is 6.96. The molecular weight excluding hydrogens is 222 g/mol. The van der Waals surface area contributed by atoms with E-state index in [1.54, 1.807) is 12.3 Å². The minimum Gasteiger partial charge on any atom is -0.396 e. The molecule has 0 amide bonds. The average molecular weight is 240 g/mol. The van der Waals surface area contributed by atoms with Crippen molar-refractivity contribution in [2.45, 2.75) is 26.7 Å². The highest BCUT2D eigenvalue weighted by Crippen LogP contribution is 2.33. The zero-order chi connectivity index (χ0) is 11.8. The van der Waals surface area contributed by atoms with E-state index in [1.807, 2.05) is 0 Å². The molecule has 2 rings (SSSR count). The van der Waals surface area contributed by atoms with E-state index >= 15 is 0 Å². The van der Waals surface area contributed by atoms with Crippen molar-refractivity contribution in [3.63, 3.8) is 0 Å². The summed E-state index contributed by atoms with van der Waals surface area (Å²) in [5, 5.41) is 0.595. The molecule has 0 atom stereocenters. The van der Waals surface area contributed by atoms with Crippen molar-refractivity contribution in [1.82, 2.24) is 4.98 Å². The fourth-order valence-electron chi connectivity index (χ4n) is 2.32. The van der Waals surface area contributed by atoms with Gasteiger partial charge in [-0.3, -0.25) is 0 Å². The molecule has 1 aromatic heterocycles. The van der Waals surface area contributed by atoms with E-state index in [4.69, 9.17) is 17.3 Å². The minimum absolute atomic E-state index is 0.339. The first-order chi connectivity index (χ1) is 7.48. The highest BCUT2D eigenvalue weighted by atomic mass is 35.5. The summed E-state index contributed by atoms with van der Waals surface area (Å²) in [4.78, 5) is 6.60. The molecule has 2 heterocycles. The SMILES string of the molecule is CC1(C)CCCN(c2ncc(Cl)cc2N)C1. The predicted molar refractivity (Wildman–Crippen MR) is 68.9 cm³/mol. The molecule has 88 valence electrons. The first kappa shape index (κ1) is 11.5. The highest BCUT2D eigenvalue weighted by molar-refractivity contribution is 6.30. The molecule has 0 spiro atoms. The quantitative estimate of drug-likeness (QED) is 0.820. The maximum absolute atomic E-state index is 5.95. The lowest BCUT2D eigenvalue weighted by Crippen LogP contribution is -2.40. The Morgan fingerprint density at radius 2 is 2.25 bits per heavy atom. The number of hydrogen-bond acceptors (Lipinski definition) is 3. The molecule has 0 bridgehead atoms. The van der Waals surface area contributed by atoms with E-state index in [1.165, 1.54) is 12.8 Å². The molecule has 1 saturated heterocycles. The largest absolute Gasteiger partial charge is 0.396 e. The Morgan fingerprint density at radius 1 is 1.50 bits per heavy atom. The van der Waals surface area contributed by atoms with Gasteiger partial charge in [0.15, 0.2) is 5.82 Å². The van der Waals surface area contributed by atoms with Crippen molar-refractivity contribution in [1.29, 1.82) is 0 Å². The van der Waals surface area contributed by atoms with Gasteiger partial charge in [-0.05, 0) is 24.3 Å². The maximum atomic E-state index is 5.95. The topological polar surface area (TPSA) is 42.2 Å². The molecular formula is C12H18ClN3. The molecule has 4 heteroatoms. The minimum atomic E-state index is 0.339. The van der Waals surface area contributed by atoms with Gasteiger partial charge in [0.25, 0.3) is 0 Å². The second-order valence-corrected chi connectivity index (χ2v) is 5.69. The van der Waals surface area contributed by atoms with Crippen LogP contribution in [0.1, 0.15) is 26.7 Å². The summed E-state index contributed by atoms with van der Waals surface area (Å²) in [7, 11) is 0. The van der Waals surface area contributed by atoms with Gasteiger partial charge < -0.3 is 10.6 Å². The van der Waals surface area contributed by atoms with E-state index in [2.05, 4.69) is 23.7 Å². The fraction of sp³-hybridized carbons (Fsp3) is 0.583. The monoisotopic (exact) mass is 239 g/mol. The molecule has 0 aromatic carbocycles. The Morgan fingerprint density at radius 3 is 2.88 bits per heavy atom. The zero-order valence-corrected chi connectivity index (χ0v) is 10.6. The molecule has 3 nitrogen and oxygen atoms in total. The summed E-state index contributed by atoms with van der Waals surface area (Å²) in [5.74, 6) is 0.872. The standard InChI is InChI=1S/C12H18ClN3/c1-12(2)4-3-5-16(8-12)11-10(14)6-9(13)7-15-11/h6-7H,3-5,8,14H2,1-2H3. The number of anilines is 2. The number of halogens is 1. The van der Waals surface area contributed by atoms with Crippen molar-refractivity contribution in [3.05, 3.63) is 17.3 Å². The molecule has 1 aliphatic heterocycles. The van der Waals surface area contributed by atoms with Crippen LogP contribution in [0.25, 0.3) is 0 Å². The van der Waals surface area contributed by atoms with Gasteiger partial charge in [0.1, 0.15) is 0 Å². The van der Waals surface area contributed by atoms with E-state index in [-0.39, 0.29) is 0 Å². The number of hydrogen-bond donors (Lipinski definition) is 1. The van der Waals surface area contributed by atoms with Gasteiger partial charge in [-0.25, -0.2) is 4.98 Å². The second-order valence-electron chi connectivity index (χ2n) is 5.26. The normalized spacial score (nSPS) is 19.8. The number of aromatic nitrogens is 1. The summed E-state index contributed by atoms with van der Waals surface area (Å²) in [6.45, 7) is 6.60. The Labute approximate surface area is 102 Å². The third-order valence-electron chi connectivity index (χ3n) is 3.06. The highest BCUT2D eigenvalue weighted by Gasteiger charge is 2.27.